The highest BCUT2D eigenvalue weighted by atomic mass is 35.5. The number of nitrogens with zero attached hydrogens (tertiary/aromatic N) is 1. The highest BCUT2D eigenvalue weighted by Crippen LogP contribution is 2.28. The second-order valence-electron chi connectivity index (χ2n) is 4.19. The van der Waals surface area contributed by atoms with E-state index < -0.39 is 15.8 Å². The molecule has 0 bridgehead atoms. The molecule has 2 heterocycles. The van der Waals surface area contributed by atoms with Gasteiger partial charge in [-0.05, 0) is 13.0 Å². The van der Waals surface area contributed by atoms with Gasteiger partial charge in [0, 0.05) is 11.4 Å². The summed E-state index contributed by atoms with van der Waals surface area (Å²) in [6, 6.07) is 2.52. The number of anilines is 1. The third kappa shape index (κ3) is 2.67. The van der Waals surface area contributed by atoms with Crippen molar-refractivity contribution < 1.29 is 12.8 Å². The van der Waals surface area contributed by atoms with Crippen LogP contribution < -0.4 is 10.5 Å². The molecule has 0 saturated heterocycles. The average molecular weight is 346 g/mol. The molecule has 0 unspecified atom stereocenters. The van der Waals surface area contributed by atoms with Crippen molar-refractivity contribution in [1.82, 2.24) is 9.97 Å². The number of sulfonamides is 1. The van der Waals surface area contributed by atoms with Gasteiger partial charge >= 0.3 is 5.76 Å². The molecule has 0 aliphatic carbocycles. The van der Waals surface area contributed by atoms with Crippen LogP contribution in [0.5, 0.6) is 0 Å². The van der Waals surface area contributed by atoms with Crippen LogP contribution >= 0.6 is 22.9 Å². The molecule has 0 fully saturated rings. The number of rotatable bonds is 3. The van der Waals surface area contributed by atoms with Crippen molar-refractivity contribution in [3.63, 3.8) is 0 Å². The maximum Gasteiger partial charge on any atom is 0.417 e. The van der Waals surface area contributed by atoms with Crippen molar-refractivity contribution in [3.8, 4) is 0 Å². The lowest BCUT2D eigenvalue weighted by Gasteiger charge is -2.06. The molecule has 0 spiro atoms. The number of hydrogen-bond donors (Lipinski definition) is 2. The molecule has 2 aromatic heterocycles. The minimum atomic E-state index is -3.92. The van der Waals surface area contributed by atoms with Crippen LogP contribution in [0.1, 0.15) is 5.69 Å². The Labute approximate surface area is 127 Å². The molecule has 0 aliphatic rings. The van der Waals surface area contributed by atoms with Crippen molar-refractivity contribution in [2.45, 2.75) is 11.8 Å². The molecule has 3 aromatic rings. The molecule has 0 amide bonds. The van der Waals surface area contributed by atoms with Crippen LogP contribution in [0.2, 0.25) is 5.02 Å². The van der Waals surface area contributed by atoms with Gasteiger partial charge in [-0.1, -0.05) is 11.6 Å². The van der Waals surface area contributed by atoms with Gasteiger partial charge in [-0.3, -0.25) is 9.71 Å². The van der Waals surface area contributed by atoms with E-state index in [2.05, 4.69) is 14.7 Å². The summed E-state index contributed by atoms with van der Waals surface area (Å²) in [5.74, 6) is -0.681. The fraction of sp³-hybridized carbons (Fsp3) is 0.0909. The van der Waals surface area contributed by atoms with E-state index in [0.29, 0.717) is 11.2 Å². The number of oxazole rings is 1. The topological polar surface area (TPSA) is 105 Å². The Bertz CT molecular complexity index is 986. The minimum Gasteiger partial charge on any atom is -0.408 e. The van der Waals surface area contributed by atoms with Crippen molar-refractivity contribution in [3.05, 3.63) is 38.8 Å². The number of nitrogens with one attached hydrogen (secondary N) is 2. The second kappa shape index (κ2) is 4.86. The number of thiazole rings is 1. The lowest BCUT2D eigenvalue weighted by Crippen LogP contribution is -2.13. The van der Waals surface area contributed by atoms with Crippen LogP contribution in [0, 0.1) is 6.92 Å². The van der Waals surface area contributed by atoms with Crippen LogP contribution in [-0.2, 0) is 10.0 Å². The summed E-state index contributed by atoms with van der Waals surface area (Å²) in [4.78, 5) is 17.4. The molecule has 2 N–H and O–H groups in total. The Morgan fingerprint density at radius 3 is 2.86 bits per heavy atom. The number of halogens is 1. The molecule has 1 aromatic carbocycles. The largest absolute Gasteiger partial charge is 0.417 e. The molecule has 110 valence electrons. The fourth-order valence-corrected chi connectivity index (χ4v) is 4.21. The van der Waals surface area contributed by atoms with Crippen LogP contribution in [0.4, 0.5) is 5.13 Å². The van der Waals surface area contributed by atoms with E-state index in [4.69, 9.17) is 16.0 Å². The number of aryl methyl sites for hydroxylation is 1. The fourth-order valence-electron chi connectivity index (χ4n) is 1.73. The predicted molar refractivity (Wildman–Crippen MR) is 79.5 cm³/mol. The Balaban J connectivity index is 2.09. The minimum absolute atomic E-state index is 0.0275. The summed E-state index contributed by atoms with van der Waals surface area (Å²) in [6.07, 6.45) is 0. The maximum atomic E-state index is 12.3. The highest BCUT2D eigenvalue weighted by Gasteiger charge is 2.21. The molecular formula is C11H8ClN3O4S2. The van der Waals surface area contributed by atoms with Crippen LogP contribution in [-0.4, -0.2) is 18.4 Å². The van der Waals surface area contributed by atoms with Crippen molar-refractivity contribution >= 4 is 49.2 Å². The van der Waals surface area contributed by atoms with Gasteiger partial charge in [0.15, 0.2) is 10.7 Å². The first-order valence-electron chi connectivity index (χ1n) is 5.62. The summed E-state index contributed by atoms with van der Waals surface area (Å²) in [5, 5.41) is 1.92. The normalized spacial score (nSPS) is 11.9. The molecule has 7 nitrogen and oxygen atoms in total. The summed E-state index contributed by atoms with van der Waals surface area (Å²) >= 11 is 7.13. The lowest BCUT2D eigenvalue weighted by atomic mass is 10.3. The molecule has 0 radical (unpaired) electrons. The number of benzene rings is 1. The van der Waals surface area contributed by atoms with Crippen LogP contribution in [0.3, 0.4) is 0 Å². The molecule has 0 atom stereocenters. The molecule has 0 saturated carbocycles. The van der Waals surface area contributed by atoms with E-state index in [-0.39, 0.29) is 20.6 Å². The third-order valence-corrected chi connectivity index (χ3v) is 5.41. The third-order valence-electron chi connectivity index (χ3n) is 2.60. The zero-order chi connectivity index (χ0) is 15.2. The standard InChI is InChI=1S/C11H8ClN3O4S2/c1-5-4-20-10(13-5)15-21(17,18)9-3-8-7(2-6(9)12)14-11(16)19-8/h2-4H,1H3,(H,13,15)(H,14,16). The molecule has 0 aliphatic heterocycles. The van der Waals surface area contributed by atoms with E-state index >= 15 is 0 Å². The molecular weight excluding hydrogens is 338 g/mol. The Hall–Kier alpha value is -1.84. The number of fused-ring (bicyclic) bond motifs is 1. The number of aromatic amines is 1. The van der Waals surface area contributed by atoms with Crippen LogP contribution in [0.25, 0.3) is 11.1 Å². The van der Waals surface area contributed by atoms with Gasteiger partial charge in [0.2, 0.25) is 0 Å². The predicted octanol–water partition coefficient (Wildman–Crippen LogP) is 2.34. The second-order valence-corrected chi connectivity index (χ2v) is 7.11. The molecule has 10 heteroatoms. The number of aromatic nitrogens is 2. The summed E-state index contributed by atoms with van der Waals surface area (Å²) in [7, 11) is -3.92. The first-order valence-corrected chi connectivity index (χ1v) is 8.36. The lowest BCUT2D eigenvalue weighted by molar-refractivity contribution is 0.554. The van der Waals surface area contributed by atoms with Gasteiger partial charge in [-0.2, -0.15) is 0 Å². The monoisotopic (exact) mass is 345 g/mol. The van der Waals surface area contributed by atoms with Gasteiger partial charge in [0.05, 0.1) is 16.2 Å². The van der Waals surface area contributed by atoms with E-state index in [9.17, 15) is 13.2 Å². The Morgan fingerprint density at radius 2 is 2.19 bits per heavy atom. The van der Waals surface area contributed by atoms with Crippen LogP contribution in [0.15, 0.2) is 31.6 Å². The summed E-state index contributed by atoms with van der Waals surface area (Å²) < 4.78 is 31.8. The Kier molecular flexibility index (Phi) is 3.27. The number of hydrogen-bond acceptors (Lipinski definition) is 6. The van der Waals surface area contributed by atoms with E-state index in [1.54, 1.807) is 12.3 Å². The van der Waals surface area contributed by atoms with Gasteiger partial charge in [0.1, 0.15) is 4.90 Å². The summed E-state index contributed by atoms with van der Waals surface area (Å²) in [6.45, 7) is 1.75. The maximum absolute atomic E-state index is 12.3. The SMILES string of the molecule is Cc1csc(NS(=O)(=O)c2cc3oc(=O)[nH]c3cc2Cl)n1. The van der Waals surface area contributed by atoms with Gasteiger partial charge in [-0.15, -0.1) is 11.3 Å². The van der Waals surface area contributed by atoms with Gasteiger partial charge < -0.3 is 4.42 Å². The van der Waals surface area contributed by atoms with Gasteiger partial charge in [0.25, 0.3) is 10.0 Å². The molecule has 21 heavy (non-hydrogen) atoms. The molecule has 3 rings (SSSR count). The highest BCUT2D eigenvalue weighted by molar-refractivity contribution is 7.93. The Morgan fingerprint density at radius 1 is 1.43 bits per heavy atom. The van der Waals surface area contributed by atoms with Crippen molar-refractivity contribution in [2.75, 3.05) is 4.72 Å². The van der Waals surface area contributed by atoms with Gasteiger partial charge in [-0.25, -0.2) is 18.2 Å². The number of H-pyrrole nitrogens is 1. The average Bonchev–Trinajstić information content (AvgIpc) is 2.92. The smallest absolute Gasteiger partial charge is 0.408 e. The van der Waals surface area contributed by atoms with Crippen molar-refractivity contribution in [2.24, 2.45) is 0 Å². The first kappa shape index (κ1) is 14.1. The first-order chi connectivity index (χ1) is 9.85. The van der Waals surface area contributed by atoms with E-state index in [1.807, 2.05) is 0 Å². The summed E-state index contributed by atoms with van der Waals surface area (Å²) in [5.41, 5.74) is 1.14. The zero-order valence-corrected chi connectivity index (χ0v) is 12.9. The van der Waals surface area contributed by atoms with Crippen molar-refractivity contribution in [1.29, 1.82) is 0 Å². The van der Waals surface area contributed by atoms with E-state index in [0.717, 1.165) is 11.3 Å². The zero-order valence-electron chi connectivity index (χ0n) is 10.5. The quantitative estimate of drug-likeness (QED) is 0.758. The van der Waals surface area contributed by atoms with E-state index in [1.165, 1.54) is 12.1 Å².